The van der Waals surface area contributed by atoms with Crippen LogP contribution in [0.3, 0.4) is 0 Å². The van der Waals surface area contributed by atoms with E-state index in [1.807, 2.05) is 0 Å². The first-order valence-electron chi connectivity index (χ1n) is 7.45. The molecule has 8 heteroatoms. The van der Waals surface area contributed by atoms with Gasteiger partial charge in [-0.3, -0.25) is 4.79 Å². The predicted molar refractivity (Wildman–Crippen MR) is 95.5 cm³/mol. The van der Waals surface area contributed by atoms with E-state index in [-0.39, 0.29) is 30.6 Å². The van der Waals surface area contributed by atoms with E-state index in [1.165, 1.54) is 37.4 Å². The predicted octanol–water partition coefficient (Wildman–Crippen LogP) is 3.32. The van der Waals surface area contributed by atoms with Gasteiger partial charge in [0.1, 0.15) is 0 Å². The van der Waals surface area contributed by atoms with Gasteiger partial charge >= 0.3 is 0 Å². The van der Waals surface area contributed by atoms with Crippen molar-refractivity contribution in [3.63, 3.8) is 0 Å². The zero-order valence-electron chi connectivity index (χ0n) is 13.2. The lowest BCUT2D eigenvalue weighted by Gasteiger charge is -2.04. The van der Waals surface area contributed by atoms with Crippen LogP contribution in [0.5, 0.6) is 5.75 Å². The van der Waals surface area contributed by atoms with E-state index < -0.39 is 5.82 Å². The number of hydrogen-bond acceptors (Lipinski definition) is 5. The number of carbonyl (C=O) groups excluding carboxylic acids is 1. The molecule has 1 amide bonds. The smallest absolute Gasteiger partial charge is 0.240 e. The normalized spacial score (nSPS) is 13.2. The summed E-state index contributed by atoms with van der Waals surface area (Å²) in [6.07, 6.45) is 2.51. The van der Waals surface area contributed by atoms with Gasteiger partial charge in [0, 0.05) is 10.9 Å². The second-order valence-electron chi connectivity index (χ2n) is 5.51. The Kier molecular flexibility index (Phi) is 6.53. The molecule has 1 aliphatic rings. The maximum absolute atomic E-state index is 13.7. The average molecular weight is 372 g/mol. The summed E-state index contributed by atoms with van der Waals surface area (Å²) in [4.78, 5) is 16.1. The average Bonchev–Trinajstić information content (AvgIpc) is 3.24. The van der Waals surface area contributed by atoms with Crippen LogP contribution in [0, 0.1) is 11.7 Å². The van der Waals surface area contributed by atoms with E-state index >= 15 is 0 Å². The molecule has 1 heterocycles. The van der Waals surface area contributed by atoms with Gasteiger partial charge in [0.05, 0.1) is 19.3 Å². The Balaban J connectivity index is 0.00000208. The summed E-state index contributed by atoms with van der Waals surface area (Å²) < 4.78 is 18.6. The quantitative estimate of drug-likeness (QED) is 0.783. The van der Waals surface area contributed by atoms with Gasteiger partial charge in [-0.15, -0.1) is 23.7 Å². The third-order valence-corrected chi connectivity index (χ3v) is 4.37. The van der Waals surface area contributed by atoms with Crippen LogP contribution in [0.25, 0.3) is 11.3 Å². The third kappa shape index (κ3) is 4.90. The number of nitrogens with zero attached hydrogens (tertiary/aromatic N) is 1. The number of thiazole rings is 1. The second-order valence-corrected chi connectivity index (χ2v) is 6.37. The number of benzene rings is 1. The summed E-state index contributed by atoms with van der Waals surface area (Å²) in [7, 11) is 1.42. The highest BCUT2D eigenvalue weighted by molar-refractivity contribution is 7.14. The molecule has 1 saturated carbocycles. The molecule has 0 bridgehead atoms. The lowest BCUT2D eigenvalue weighted by molar-refractivity contribution is -0.115. The highest BCUT2D eigenvalue weighted by Crippen LogP contribution is 2.28. The minimum atomic E-state index is -0.437. The van der Waals surface area contributed by atoms with Crippen molar-refractivity contribution in [2.75, 3.05) is 25.5 Å². The maximum Gasteiger partial charge on any atom is 0.240 e. The molecule has 0 saturated heterocycles. The molecule has 2 N–H and O–H groups in total. The second kappa shape index (κ2) is 8.41. The molecule has 3 rings (SSSR count). The Morgan fingerprint density at radius 3 is 2.92 bits per heavy atom. The van der Waals surface area contributed by atoms with Gasteiger partial charge < -0.3 is 15.4 Å². The van der Waals surface area contributed by atoms with E-state index in [9.17, 15) is 9.18 Å². The van der Waals surface area contributed by atoms with Crippen LogP contribution in [0.1, 0.15) is 12.8 Å². The van der Waals surface area contributed by atoms with E-state index in [0.717, 1.165) is 12.5 Å². The lowest BCUT2D eigenvalue weighted by Crippen LogP contribution is -2.29. The van der Waals surface area contributed by atoms with Crippen molar-refractivity contribution in [3.05, 3.63) is 29.4 Å². The standard InChI is InChI=1S/C16H18FN3O2S.ClH/c1-22-14-5-4-11(6-12(14)17)13-9-23-16(19-13)20-15(21)8-18-7-10-2-3-10;/h4-6,9-10,18H,2-3,7-8H2,1H3,(H,19,20,21);1H. The van der Waals surface area contributed by atoms with E-state index in [4.69, 9.17) is 4.74 Å². The Labute approximate surface area is 150 Å². The minimum absolute atomic E-state index is 0. The molecule has 0 unspecified atom stereocenters. The molecular formula is C16H19ClFN3O2S. The molecule has 0 radical (unpaired) electrons. The van der Waals surface area contributed by atoms with Gasteiger partial charge in [-0.1, -0.05) is 0 Å². The summed E-state index contributed by atoms with van der Waals surface area (Å²) in [5.74, 6) is 0.374. The molecule has 24 heavy (non-hydrogen) atoms. The number of hydrogen-bond donors (Lipinski definition) is 2. The van der Waals surface area contributed by atoms with Crippen LogP contribution in [0.4, 0.5) is 9.52 Å². The summed E-state index contributed by atoms with van der Waals surface area (Å²) >= 11 is 1.32. The molecule has 0 atom stereocenters. The van der Waals surface area contributed by atoms with Crippen molar-refractivity contribution in [3.8, 4) is 17.0 Å². The molecule has 2 aromatic rings. The van der Waals surface area contributed by atoms with Gasteiger partial charge in [0.15, 0.2) is 16.7 Å². The van der Waals surface area contributed by atoms with Gasteiger partial charge in [-0.25, -0.2) is 9.37 Å². The Bertz CT molecular complexity index is 706. The first-order chi connectivity index (χ1) is 11.2. The van der Waals surface area contributed by atoms with E-state index in [2.05, 4.69) is 15.6 Å². The Hall–Kier alpha value is -1.70. The molecule has 1 aromatic carbocycles. The number of halogens is 2. The fourth-order valence-electron chi connectivity index (χ4n) is 2.16. The first-order valence-corrected chi connectivity index (χ1v) is 8.33. The van der Waals surface area contributed by atoms with Crippen LogP contribution in [0.2, 0.25) is 0 Å². The van der Waals surface area contributed by atoms with Crippen LogP contribution < -0.4 is 15.4 Å². The molecular weight excluding hydrogens is 353 g/mol. The minimum Gasteiger partial charge on any atom is -0.494 e. The largest absolute Gasteiger partial charge is 0.494 e. The number of nitrogens with one attached hydrogen (secondary N) is 2. The monoisotopic (exact) mass is 371 g/mol. The van der Waals surface area contributed by atoms with Crippen LogP contribution in [-0.4, -0.2) is 31.1 Å². The lowest BCUT2D eigenvalue weighted by atomic mass is 10.1. The molecule has 5 nitrogen and oxygen atoms in total. The Morgan fingerprint density at radius 2 is 2.25 bits per heavy atom. The van der Waals surface area contributed by atoms with Crippen molar-refractivity contribution >= 4 is 34.8 Å². The van der Waals surface area contributed by atoms with Crippen LogP contribution in [0.15, 0.2) is 23.6 Å². The van der Waals surface area contributed by atoms with Crippen molar-refractivity contribution in [1.82, 2.24) is 10.3 Å². The number of rotatable bonds is 7. The molecule has 0 aliphatic heterocycles. The highest BCUT2D eigenvalue weighted by atomic mass is 35.5. The molecule has 1 aliphatic carbocycles. The number of ether oxygens (including phenoxy) is 1. The maximum atomic E-state index is 13.7. The molecule has 130 valence electrons. The number of methoxy groups -OCH3 is 1. The molecule has 0 spiro atoms. The van der Waals surface area contributed by atoms with Crippen molar-refractivity contribution in [2.45, 2.75) is 12.8 Å². The van der Waals surface area contributed by atoms with Gasteiger partial charge in [0.25, 0.3) is 0 Å². The number of anilines is 1. The topological polar surface area (TPSA) is 63.2 Å². The number of carbonyl (C=O) groups is 1. The van der Waals surface area contributed by atoms with E-state index in [0.29, 0.717) is 16.4 Å². The number of aromatic nitrogens is 1. The third-order valence-electron chi connectivity index (χ3n) is 3.61. The SMILES string of the molecule is COc1ccc(-c2csc(NC(=O)CNCC3CC3)n2)cc1F.Cl. The van der Waals surface area contributed by atoms with Gasteiger partial charge in [-0.05, 0) is 43.5 Å². The summed E-state index contributed by atoms with van der Waals surface area (Å²) in [5, 5.41) is 8.17. The fourth-order valence-corrected chi connectivity index (χ4v) is 2.90. The van der Waals surface area contributed by atoms with Crippen molar-refractivity contribution < 1.29 is 13.9 Å². The van der Waals surface area contributed by atoms with Crippen LogP contribution in [-0.2, 0) is 4.79 Å². The van der Waals surface area contributed by atoms with Crippen molar-refractivity contribution in [2.24, 2.45) is 5.92 Å². The zero-order chi connectivity index (χ0) is 16.2. The fraction of sp³-hybridized carbons (Fsp3) is 0.375. The number of amides is 1. The first kappa shape index (κ1) is 18.6. The zero-order valence-corrected chi connectivity index (χ0v) is 14.8. The van der Waals surface area contributed by atoms with Crippen LogP contribution >= 0.6 is 23.7 Å². The highest BCUT2D eigenvalue weighted by Gasteiger charge is 2.20. The van der Waals surface area contributed by atoms with Crippen molar-refractivity contribution in [1.29, 1.82) is 0 Å². The summed E-state index contributed by atoms with van der Waals surface area (Å²) in [6.45, 7) is 1.17. The summed E-state index contributed by atoms with van der Waals surface area (Å²) in [5.41, 5.74) is 1.27. The molecule has 1 fully saturated rings. The van der Waals surface area contributed by atoms with Gasteiger partial charge in [-0.2, -0.15) is 0 Å². The molecule has 1 aromatic heterocycles. The van der Waals surface area contributed by atoms with E-state index in [1.54, 1.807) is 17.5 Å². The van der Waals surface area contributed by atoms with Gasteiger partial charge in [0.2, 0.25) is 5.91 Å². The summed E-state index contributed by atoms with van der Waals surface area (Å²) in [6, 6.07) is 4.67. The Morgan fingerprint density at radius 1 is 1.46 bits per heavy atom.